The van der Waals surface area contributed by atoms with Crippen molar-refractivity contribution in [2.75, 3.05) is 13.1 Å². The predicted molar refractivity (Wildman–Crippen MR) is 67.6 cm³/mol. The summed E-state index contributed by atoms with van der Waals surface area (Å²) < 4.78 is 0. The molecule has 3 heteroatoms. The molecule has 0 amide bonds. The minimum Gasteiger partial charge on any atom is -0.322 e. The summed E-state index contributed by atoms with van der Waals surface area (Å²) >= 11 is 0. The lowest BCUT2D eigenvalue weighted by molar-refractivity contribution is 0.713. The van der Waals surface area contributed by atoms with Crippen molar-refractivity contribution in [1.82, 2.24) is 9.96 Å². The number of nitrogens with one attached hydrogen (secondary N) is 2. The molecule has 84 valence electrons. The Balaban J connectivity index is 3.73. The highest BCUT2D eigenvalue weighted by atomic mass is 28.3. The fraction of sp³-hybridized carbons (Fsp3) is 0.818. The third-order valence-electron chi connectivity index (χ3n) is 2.45. The fourth-order valence-corrected chi connectivity index (χ4v) is 3.06. The molecule has 0 fully saturated rings. The quantitative estimate of drug-likeness (QED) is 0.455. The van der Waals surface area contributed by atoms with Crippen molar-refractivity contribution >= 4 is 8.40 Å². The summed E-state index contributed by atoms with van der Waals surface area (Å²) in [5.74, 6) is 0. The Hall–Kier alpha value is -0.123. The van der Waals surface area contributed by atoms with E-state index in [-0.39, 0.29) is 0 Å². The molecule has 0 rings (SSSR count). The lowest BCUT2D eigenvalue weighted by atomic mass is 10.3. The molecule has 0 radical (unpaired) electrons. The van der Waals surface area contributed by atoms with E-state index in [4.69, 9.17) is 0 Å². The Kier molecular flexibility index (Phi) is 8.13. The van der Waals surface area contributed by atoms with Gasteiger partial charge in [0.05, 0.1) is 0 Å². The number of rotatable bonds is 9. The van der Waals surface area contributed by atoms with Gasteiger partial charge in [0, 0.05) is 0 Å². The number of hydrogen-bond donors (Lipinski definition) is 2. The van der Waals surface area contributed by atoms with Crippen LogP contribution in [0.15, 0.2) is 12.3 Å². The highest BCUT2D eigenvalue weighted by molar-refractivity contribution is 6.78. The lowest BCUT2D eigenvalue weighted by Gasteiger charge is -2.25. The van der Waals surface area contributed by atoms with E-state index in [0.717, 1.165) is 13.1 Å². The van der Waals surface area contributed by atoms with Gasteiger partial charge >= 0.3 is 0 Å². The van der Waals surface area contributed by atoms with E-state index >= 15 is 0 Å². The second kappa shape index (κ2) is 8.21. The van der Waals surface area contributed by atoms with Crippen LogP contribution in [-0.2, 0) is 0 Å². The second-order valence-electron chi connectivity index (χ2n) is 3.97. The van der Waals surface area contributed by atoms with Crippen LogP contribution in [0.1, 0.15) is 39.5 Å². The molecule has 0 atom stereocenters. The van der Waals surface area contributed by atoms with Gasteiger partial charge in [-0.25, -0.2) is 0 Å². The molecule has 0 aliphatic rings. The van der Waals surface area contributed by atoms with Gasteiger partial charge in [0.1, 0.15) is 0 Å². The molecule has 2 N–H and O–H groups in total. The summed E-state index contributed by atoms with van der Waals surface area (Å²) in [6.45, 7) is 12.9. The minimum atomic E-state index is -1.53. The Labute approximate surface area is 90.3 Å². The maximum absolute atomic E-state index is 3.93. The van der Waals surface area contributed by atoms with Gasteiger partial charge in [-0.2, -0.15) is 0 Å². The molecule has 0 aromatic rings. The van der Waals surface area contributed by atoms with Crippen LogP contribution in [0.4, 0.5) is 0 Å². The molecule has 0 aliphatic carbocycles. The van der Waals surface area contributed by atoms with Crippen molar-refractivity contribution in [2.45, 2.75) is 46.1 Å². The van der Waals surface area contributed by atoms with E-state index < -0.39 is 8.40 Å². The molecule has 0 unspecified atom stereocenters. The van der Waals surface area contributed by atoms with E-state index in [1.165, 1.54) is 25.7 Å². The van der Waals surface area contributed by atoms with Gasteiger partial charge in [0.2, 0.25) is 8.40 Å². The van der Waals surface area contributed by atoms with Crippen molar-refractivity contribution in [3.63, 3.8) is 0 Å². The van der Waals surface area contributed by atoms with E-state index in [2.05, 4.69) is 42.6 Å². The fourth-order valence-electron chi connectivity index (χ4n) is 1.26. The molecule has 0 aliphatic heterocycles. The molecular weight excluding hydrogens is 188 g/mol. The molecule has 0 spiro atoms. The first-order chi connectivity index (χ1) is 6.68. The summed E-state index contributed by atoms with van der Waals surface area (Å²) in [4.78, 5) is 7.23. The first-order valence-corrected chi connectivity index (χ1v) is 8.40. The highest BCUT2D eigenvalue weighted by Gasteiger charge is 2.21. The maximum Gasteiger partial charge on any atom is 0.223 e. The summed E-state index contributed by atoms with van der Waals surface area (Å²) in [5, 5.41) is 0. The number of hydrogen-bond acceptors (Lipinski definition) is 2. The van der Waals surface area contributed by atoms with Gasteiger partial charge in [-0.05, 0) is 32.5 Å². The Bertz CT molecular complexity index is 138. The lowest BCUT2D eigenvalue weighted by Crippen LogP contribution is -2.59. The maximum atomic E-state index is 3.93. The van der Waals surface area contributed by atoms with Crippen molar-refractivity contribution < 1.29 is 0 Å². The van der Waals surface area contributed by atoms with Gasteiger partial charge in [-0.1, -0.05) is 32.4 Å². The summed E-state index contributed by atoms with van der Waals surface area (Å²) in [6, 6.07) is 0. The van der Waals surface area contributed by atoms with E-state index in [0.29, 0.717) is 0 Å². The Morgan fingerprint density at radius 3 is 1.79 bits per heavy atom. The summed E-state index contributed by atoms with van der Waals surface area (Å²) in [7, 11) is -1.53. The molecule has 2 nitrogen and oxygen atoms in total. The van der Waals surface area contributed by atoms with E-state index in [1.807, 2.05) is 0 Å². The topological polar surface area (TPSA) is 24.1 Å². The second-order valence-corrected chi connectivity index (χ2v) is 7.49. The van der Waals surface area contributed by atoms with Crippen LogP contribution >= 0.6 is 0 Å². The van der Waals surface area contributed by atoms with Crippen LogP contribution in [-0.4, -0.2) is 21.5 Å². The summed E-state index contributed by atoms with van der Waals surface area (Å²) in [5.41, 5.74) is 2.10. The zero-order valence-corrected chi connectivity index (χ0v) is 11.0. The van der Waals surface area contributed by atoms with Crippen LogP contribution in [0, 0.1) is 0 Å². The molecule has 0 bridgehead atoms. The van der Waals surface area contributed by atoms with Crippen molar-refractivity contribution in [3.05, 3.63) is 12.3 Å². The monoisotopic (exact) mass is 214 g/mol. The van der Waals surface area contributed by atoms with Gasteiger partial charge in [-0.3, -0.25) is 0 Å². The van der Waals surface area contributed by atoms with Gasteiger partial charge in [0.15, 0.2) is 0 Å². The van der Waals surface area contributed by atoms with Gasteiger partial charge in [-0.15, -0.1) is 6.58 Å². The van der Waals surface area contributed by atoms with Crippen molar-refractivity contribution in [1.29, 1.82) is 0 Å². The normalized spacial score (nSPS) is 11.6. The average Bonchev–Trinajstić information content (AvgIpc) is 2.19. The van der Waals surface area contributed by atoms with Crippen LogP contribution in [0.2, 0.25) is 6.55 Å². The average molecular weight is 214 g/mol. The molecule has 14 heavy (non-hydrogen) atoms. The zero-order chi connectivity index (χ0) is 10.9. The molecule has 0 aromatic heterocycles. The first-order valence-electron chi connectivity index (χ1n) is 5.82. The summed E-state index contributed by atoms with van der Waals surface area (Å²) in [6.07, 6.45) is 5.02. The van der Waals surface area contributed by atoms with Crippen molar-refractivity contribution in [3.8, 4) is 0 Å². The highest BCUT2D eigenvalue weighted by Crippen LogP contribution is 1.96. The zero-order valence-electron chi connectivity index (χ0n) is 10.0. The number of unbranched alkanes of at least 4 members (excludes halogenated alkanes) is 2. The standard InChI is InChI=1S/C11H26N2Si/c1-5-8-10-12-14(4,7-3)13-11-9-6-2/h7,12-13H,3,5-6,8-11H2,1-2,4H3. The third kappa shape index (κ3) is 6.35. The molecular formula is C11H26N2Si. The van der Waals surface area contributed by atoms with Gasteiger partial charge < -0.3 is 9.96 Å². The van der Waals surface area contributed by atoms with Crippen LogP contribution in [0.25, 0.3) is 0 Å². The SMILES string of the molecule is C=C[Si](C)(NCCCC)NCCCC. The molecule has 0 heterocycles. The largest absolute Gasteiger partial charge is 0.322 e. The Morgan fingerprint density at radius 2 is 1.50 bits per heavy atom. The van der Waals surface area contributed by atoms with Crippen LogP contribution in [0.5, 0.6) is 0 Å². The van der Waals surface area contributed by atoms with Crippen molar-refractivity contribution in [2.24, 2.45) is 0 Å². The molecule has 0 saturated heterocycles. The molecule has 0 saturated carbocycles. The first kappa shape index (κ1) is 13.9. The third-order valence-corrected chi connectivity index (χ3v) is 5.24. The predicted octanol–water partition coefficient (Wildman–Crippen LogP) is 2.56. The smallest absolute Gasteiger partial charge is 0.223 e. The Morgan fingerprint density at radius 1 is 1.07 bits per heavy atom. The molecule has 0 aromatic carbocycles. The van der Waals surface area contributed by atoms with Crippen LogP contribution in [0.3, 0.4) is 0 Å². The van der Waals surface area contributed by atoms with E-state index in [9.17, 15) is 0 Å². The van der Waals surface area contributed by atoms with Crippen LogP contribution < -0.4 is 9.96 Å². The van der Waals surface area contributed by atoms with Gasteiger partial charge in [0.25, 0.3) is 0 Å². The van der Waals surface area contributed by atoms with E-state index in [1.54, 1.807) is 0 Å². The minimum absolute atomic E-state index is 1.12.